The normalized spacial score (nSPS) is 15.9. The Morgan fingerprint density at radius 2 is 1.60 bits per heavy atom. The quantitative estimate of drug-likeness (QED) is 0.634. The van der Waals surface area contributed by atoms with E-state index < -0.39 is 6.04 Å². The minimum absolute atomic E-state index is 0.142. The molecule has 0 spiro atoms. The molecule has 1 aliphatic heterocycles. The molecule has 1 fully saturated rings. The van der Waals surface area contributed by atoms with Crippen molar-refractivity contribution < 1.29 is 23.6 Å². The zero-order chi connectivity index (χ0) is 21.5. The zero-order valence-electron chi connectivity index (χ0n) is 17.3. The SMILES string of the molecule is C[C@H](C(=O)Nc1ccc(F)cc1)[NH+](C)CC(=O)Nc1ccc(N2CCOCC2)cc1. The first kappa shape index (κ1) is 21.7. The third-order valence-corrected chi connectivity index (χ3v) is 5.21. The van der Waals surface area contributed by atoms with E-state index in [4.69, 9.17) is 4.74 Å². The van der Waals surface area contributed by atoms with Gasteiger partial charge < -0.3 is 25.2 Å². The lowest BCUT2D eigenvalue weighted by Crippen LogP contribution is -3.14. The molecular formula is C22H28FN4O3+. The van der Waals surface area contributed by atoms with Crippen molar-refractivity contribution in [1.29, 1.82) is 0 Å². The number of carbonyl (C=O) groups is 2. The zero-order valence-corrected chi connectivity index (χ0v) is 17.3. The smallest absolute Gasteiger partial charge is 0.282 e. The fraction of sp³-hybridized carbons (Fsp3) is 0.364. The van der Waals surface area contributed by atoms with E-state index in [1.165, 1.54) is 24.3 Å². The fourth-order valence-corrected chi connectivity index (χ4v) is 3.20. The van der Waals surface area contributed by atoms with E-state index in [0.29, 0.717) is 11.4 Å². The Hall–Kier alpha value is -2.97. The molecule has 2 atom stereocenters. The Kier molecular flexibility index (Phi) is 7.37. The van der Waals surface area contributed by atoms with Crippen molar-refractivity contribution in [3.8, 4) is 0 Å². The summed E-state index contributed by atoms with van der Waals surface area (Å²) in [6.45, 7) is 5.05. The van der Waals surface area contributed by atoms with Crippen LogP contribution in [0.3, 0.4) is 0 Å². The summed E-state index contributed by atoms with van der Waals surface area (Å²) in [5.41, 5.74) is 2.34. The first-order valence-electron chi connectivity index (χ1n) is 10.0. The van der Waals surface area contributed by atoms with Crippen molar-refractivity contribution in [3.63, 3.8) is 0 Å². The average molecular weight is 415 g/mol. The van der Waals surface area contributed by atoms with Crippen molar-refractivity contribution >= 4 is 28.9 Å². The van der Waals surface area contributed by atoms with E-state index >= 15 is 0 Å². The van der Waals surface area contributed by atoms with Crippen LogP contribution in [0.25, 0.3) is 0 Å². The Labute approximate surface area is 175 Å². The summed E-state index contributed by atoms with van der Waals surface area (Å²) in [4.78, 5) is 27.8. The monoisotopic (exact) mass is 415 g/mol. The number of hydrogen-bond donors (Lipinski definition) is 3. The summed E-state index contributed by atoms with van der Waals surface area (Å²) in [5, 5.41) is 5.61. The molecule has 30 heavy (non-hydrogen) atoms. The summed E-state index contributed by atoms with van der Waals surface area (Å²) in [6.07, 6.45) is 0. The van der Waals surface area contributed by atoms with Gasteiger partial charge in [0.25, 0.3) is 11.8 Å². The highest BCUT2D eigenvalue weighted by atomic mass is 19.1. The van der Waals surface area contributed by atoms with Crippen LogP contribution in [0.2, 0.25) is 0 Å². The van der Waals surface area contributed by atoms with Crippen LogP contribution >= 0.6 is 0 Å². The number of quaternary nitrogens is 1. The molecular weight excluding hydrogens is 387 g/mol. The van der Waals surface area contributed by atoms with Gasteiger partial charge in [-0.3, -0.25) is 9.59 Å². The maximum absolute atomic E-state index is 13.0. The molecule has 2 amide bonds. The number of likely N-dealkylation sites (N-methyl/N-ethyl adjacent to an activating group) is 1. The number of amides is 2. The molecule has 8 heteroatoms. The van der Waals surface area contributed by atoms with Crippen molar-refractivity contribution in [3.05, 3.63) is 54.3 Å². The summed E-state index contributed by atoms with van der Waals surface area (Å²) in [6, 6.07) is 12.8. The first-order valence-corrected chi connectivity index (χ1v) is 10.0. The average Bonchev–Trinajstić information content (AvgIpc) is 2.75. The highest BCUT2D eigenvalue weighted by molar-refractivity contribution is 5.94. The van der Waals surface area contributed by atoms with E-state index in [0.717, 1.165) is 36.9 Å². The summed E-state index contributed by atoms with van der Waals surface area (Å²) in [7, 11) is 1.79. The Bertz CT molecular complexity index is 852. The van der Waals surface area contributed by atoms with Crippen LogP contribution in [0.15, 0.2) is 48.5 Å². The lowest BCUT2D eigenvalue weighted by atomic mass is 10.2. The second-order valence-electron chi connectivity index (χ2n) is 7.44. The number of hydrogen-bond acceptors (Lipinski definition) is 4. The van der Waals surface area contributed by atoms with E-state index in [2.05, 4.69) is 15.5 Å². The molecule has 1 heterocycles. The molecule has 0 aliphatic carbocycles. The number of ether oxygens (including phenoxy) is 1. The lowest BCUT2D eigenvalue weighted by molar-refractivity contribution is -0.885. The van der Waals surface area contributed by atoms with Crippen molar-refractivity contribution in [2.24, 2.45) is 0 Å². The molecule has 3 rings (SSSR count). The lowest BCUT2D eigenvalue weighted by Gasteiger charge is -2.28. The van der Waals surface area contributed by atoms with Crippen LogP contribution < -0.4 is 20.4 Å². The first-order chi connectivity index (χ1) is 14.4. The second kappa shape index (κ2) is 10.2. The molecule has 3 N–H and O–H groups in total. The predicted octanol–water partition coefficient (Wildman–Crippen LogP) is 1.14. The number of nitrogens with one attached hydrogen (secondary N) is 3. The van der Waals surface area contributed by atoms with Gasteiger partial charge in [-0.25, -0.2) is 4.39 Å². The van der Waals surface area contributed by atoms with Gasteiger partial charge in [-0.1, -0.05) is 0 Å². The van der Waals surface area contributed by atoms with Gasteiger partial charge in [0.05, 0.1) is 20.3 Å². The van der Waals surface area contributed by atoms with E-state index in [1.54, 1.807) is 14.0 Å². The second-order valence-corrected chi connectivity index (χ2v) is 7.44. The number of anilines is 3. The molecule has 0 aromatic heterocycles. The van der Waals surface area contributed by atoms with Crippen LogP contribution in [0.4, 0.5) is 21.5 Å². The van der Waals surface area contributed by atoms with Crippen LogP contribution in [-0.4, -0.2) is 57.8 Å². The predicted molar refractivity (Wildman–Crippen MR) is 114 cm³/mol. The highest BCUT2D eigenvalue weighted by Gasteiger charge is 2.24. The fourth-order valence-electron chi connectivity index (χ4n) is 3.20. The van der Waals surface area contributed by atoms with Gasteiger partial charge in [0.1, 0.15) is 5.82 Å². The topological polar surface area (TPSA) is 75.1 Å². The number of halogens is 1. The largest absolute Gasteiger partial charge is 0.378 e. The van der Waals surface area contributed by atoms with Gasteiger partial charge in [-0.05, 0) is 55.5 Å². The maximum atomic E-state index is 13.0. The number of benzene rings is 2. The molecule has 0 bridgehead atoms. The summed E-state index contributed by atoms with van der Waals surface area (Å²) < 4.78 is 18.3. The van der Waals surface area contributed by atoms with Gasteiger partial charge >= 0.3 is 0 Å². The molecule has 2 aromatic carbocycles. The van der Waals surface area contributed by atoms with Crippen LogP contribution in [-0.2, 0) is 14.3 Å². The Balaban J connectivity index is 1.48. The van der Waals surface area contributed by atoms with Crippen molar-refractivity contribution in [2.45, 2.75) is 13.0 Å². The van der Waals surface area contributed by atoms with E-state index in [-0.39, 0.29) is 24.2 Å². The van der Waals surface area contributed by atoms with Gasteiger partial charge in [-0.15, -0.1) is 0 Å². The van der Waals surface area contributed by atoms with Crippen LogP contribution in [0.5, 0.6) is 0 Å². The highest BCUT2D eigenvalue weighted by Crippen LogP contribution is 2.18. The van der Waals surface area contributed by atoms with Crippen molar-refractivity contribution in [1.82, 2.24) is 0 Å². The standard InChI is InChI=1S/C22H27FN4O3/c1-16(22(29)25-19-5-3-17(23)4-6-19)26(2)15-21(28)24-18-7-9-20(10-8-18)27-11-13-30-14-12-27/h3-10,16H,11-15H2,1-2H3,(H,24,28)(H,25,29)/p+1/t16-/m1/s1. The van der Waals surface area contributed by atoms with Gasteiger partial charge in [0.15, 0.2) is 12.6 Å². The minimum Gasteiger partial charge on any atom is -0.378 e. The molecule has 0 radical (unpaired) electrons. The maximum Gasteiger partial charge on any atom is 0.282 e. The number of morpholine rings is 1. The minimum atomic E-state index is -0.454. The molecule has 7 nitrogen and oxygen atoms in total. The third-order valence-electron chi connectivity index (χ3n) is 5.21. The van der Waals surface area contributed by atoms with Gasteiger partial charge in [0.2, 0.25) is 0 Å². The molecule has 1 unspecified atom stereocenters. The molecule has 1 saturated heterocycles. The Morgan fingerprint density at radius 3 is 2.23 bits per heavy atom. The van der Waals surface area contributed by atoms with E-state index in [9.17, 15) is 14.0 Å². The van der Waals surface area contributed by atoms with Gasteiger partial charge in [0, 0.05) is 30.2 Å². The van der Waals surface area contributed by atoms with Crippen molar-refractivity contribution in [2.75, 3.05) is 55.4 Å². The number of nitrogens with zero attached hydrogens (tertiary/aromatic N) is 1. The Morgan fingerprint density at radius 1 is 1.03 bits per heavy atom. The molecule has 2 aromatic rings. The van der Waals surface area contributed by atoms with Crippen LogP contribution in [0, 0.1) is 5.82 Å². The summed E-state index contributed by atoms with van der Waals surface area (Å²) >= 11 is 0. The van der Waals surface area contributed by atoms with Gasteiger partial charge in [-0.2, -0.15) is 0 Å². The molecule has 1 aliphatic rings. The molecule has 0 saturated carbocycles. The third kappa shape index (κ3) is 6.01. The van der Waals surface area contributed by atoms with Crippen LogP contribution in [0.1, 0.15) is 6.92 Å². The summed E-state index contributed by atoms with van der Waals surface area (Å²) in [5.74, 6) is -0.770. The number of rotatable bonds is 7. The number of carbonyl (C=O) groups excluding carboxylic acids is 2. The van der Waals surface area contributed by atoms with E-state index in [1.807, 2.05) is 24.3 Å². The molecule has 160 valence electrons.